The fourth-order valence-corrected chi connectivity index (χ4v) is 1.42. The van der Waals surface area contributed by atoms with Crippen molar-refractivity contribution < 1.29 is 0 Å². The summed E-state index contributed by atoms with van der Waals surface area (Å²) in [6, 6.07) is 0. The summed E-state index contributed by atoms with van der Waals surface area (Å²) < 4.78 is 3.20. The van der Waals surface area contributed by atoms with Gasteiger partial charge >= 0.3 is 0 Å². The van der Waals surface area contributed by atoms with E-state index in [0.717, 1.165) is 12.4 Å². The standard InChI is InChI=1S/C9H14N2S/c1-2-10-12-9-11-7-5-3-4-6-8-11/h3-8,10H,2,9H2,1H3. The molecule has 0 aliphatic carbocycles. The number of nitrogens with one attached hydrogen (secondary N) is 1. The molecule has 0 aromatic rings. The zero-order valence-corrected chi connectivity index (χ0v) is 8.05. The maximum Gasteiger partial charge on any atom is 0.0820 e. The van der Waals surface area contributed by atoms with E-state index in [1.165, 1.54) is 0 Å². The lowest BCUT2D eigenvalue weighted by Crippen LogP contribution is -2.12. The van der Waals surface area contributed by atoms with Gasteiger partial charge in [-0.15, -0.1) is 0 Å². The Bertz CT molecular complexity index is 181. The molecule has 0 saturated heterocycles. The molecular weight excluding hydrogens is 168 g/mol. The van der Waals surface area contributed by atoms with Crippen LogP contribution in [0.15, 0.2) is 36.7 Å². The van der Waals surface area contributed by atoms with Crippen LogP contribution in [0.1, 0.15) is 6.92 Å². The average Bonchev–Trinajstić information content (AvgIpc) is 2.33. The second-order valence-corrected chi connectivity index (χ2v) is 3.19. The lowest BCUT2D eigenvalue weighted by atomic mass is 10.5. The summed E-state index contributed by atoms with van der Waals surface area (Å²) in [6.45, 7) is 3.10. The SMILES string of the molecule is CCNSCN1C=CC=CC=C1. The highest BCUT2D eigenvalue weighted by Gasteiger charge is 1.93. The van der Waals surface area contributed by atoms with Crippen LogP contribution in [0.2, 0.25) is 0 Å². The Morgan fingerprint density at radius 1 is 1.17 bits per heavy atom. The van der Waals surface area contributed by atoms with Crippen LogP contribution in [0.4, 0.5) is 0 Å². The average molecular weight is 182 g/mol. The summed E-state index contributed by atoms with van der Waals surface area (Å²) >= 11 is 1.71. The second-order valence-electron chi connectivity index (χ2n) is 2.35. The molecule has 0 aromatic heterocycles. The molecule has 1 heterocycles. The Balaban J connectivity index is 2.23. The van der Waals surface area contributed by atoms with Gasteiger partial charge in [-0.1, -0.05) is 31.0 Å². The van der Waals surface area contributed by atoms with E-state index in [1.807, 2.05) is 24.3 Å². The van der Waals surface area contributed by atoms with Crippen LogP contribution in [0.5, 0.6) is 0 Å². The van der Waals surface area contributed by atoms with Crippen molar-refractivity contribution in [2.75, 3.05) is 12.4 Å². The number of hydrogen-bond acceptors (Lipinski definition) is 3. The Labute approximate surface area is 78.2 Å². The maximum absolute atomic E-state index is 3.20. The first-order chi connectivity index (χ1) is 5.93. The highest BCUT2D eigenvalue weighted by atomic mass is 32.2. The molecule has 1 N–H and O–H groups in total. The highest BCUT2D eigenvalue weighted by molar-refractivity contribution is 7.97. The Kier molecular flexibility index (Phi) is 4.64. The fraction of sp³-hybridized carbons (Fsp3) is 0.333. The third-order valence-corrected chi connectivity index (χ3v) is 2.27. The number of rotatable bonds is 4. The van der Waals surface area contributed by atoms with E-state index in [0.29, 0.717) is 0 Å². The summed E-state index contributed by atoms with van der Waals surface area (Å²) in [5.41, 5.74) is 0. The molecule has 3 heteroatoms. The molecule has 0 unspecified atom stereocenters. The van der Waals surface area contributed by atoms with Crippen LogP contribution in [-0.2, 0) is 0 Å². The van der Waals surface area contributed by atoms with Gasteiger partial charge in [0.05, 0.1) is 5.88 Å². The van der Waals surface area contributed by atoms with Gasteiger partial charge in [0.2, 0.25) is 0 Å². The minimum absolute atomic E-state index is 0.947. The molecule has 1 aliphatic rings. The van der Waals surface area contributed by atoms with Crippen molar-refractivity contribution in [2.24, 2.45) is 0 Å². The van der Waals surface area contributed by atoms with Crippen molar-refractivity contribution in [3.63, 3.8) is 0 Å². The largest absolute Gasteiger partial charge is 0.343 e. The van der Waals surface area contributed by atoms with Crippen molar-refractivity contribution in [1.29, 1.82) is 0 Å². The molecule has 66 valence electrons. The second kappa shape index (κ2) is 5.91. The van der Waals surface area contributed by atoms with Crippen molar-refractivity contribution in [1.82, 2.24) is 9.62 Å². The summed E-state index contributed by atoms with van der Waals surface area (Å²) in [4.78, 5) is 2.13. The van der Waals surface area contributed by atoms with Crippen molar-refractivity contribution in [2.45, 2.75) is 6.92 Å². The summed E-state index contributed by atoms with van der Waals surface area (Å²) in [5, 5.41) is 0. The number of hydrogen-bond donors (Lipinski definition) is 1. The third-order valence-electron chi connectivity index (χ3n) is 1.35. The van der Waals surface area contributed by atoms with E-state index < -0.39 is 0 Å². The number of allylic oxidation sites excluding steroid dienone is 4. The topological polar surface area (TPSA) is 15.3 Å². The van der Waals surface area contributed by atoms with E-state index in [2.05, 4.69) is 28.9 Å². The molecule has 0 amide bonds. The molecule has 0 fully saturated rings. The van der Waals surface area contributed by atoms with E-state index in [9.17, 15) is 0 Å². The van der Waals surface area contributed by atoms with E-state index >= 15 is 0 Å². The van der Waals surface area contributed by atoms with Crippen LogP contribution >= 0.6 is 11.9 Å². The lowest BCUT2D eigenvalue weighted by molar-refractivity contribution is 0.601. The van der Waals surface area contributed by atoms with E-state index in [1.54, 1.807) is 11.9 Å². The first kappa shape index (κ1) is 9.42. The van der Waals surface area contributed by atoms with Gasteiger partial charge in [0.25, 0.3) is 0 Å². The van der Waals surface area contributed by atoms with Gasteiger partial charge in [-0.3, -0.25) is 4.72 Å². The van der Waals surface area contributed by atoms with Gasteiger partial charge in [0.15, 0.2) is 0 Å². The smallest absolute Gasteiger partial charge is 0.0820 e. The van der Waals surface area contributed by atoms with Crippen LogP contribution in [0.3, 0.4) is 0 Å². The van der Waals surface area contributed by atoms with Gasteiger partial charge in [-0.25, -0.2) is 0 Å². The van der Waals surface area contributed by atoms with Crippen molar-refractivity contribution in [3.05, 3.63) is 36.7 Å². The monoisotopic (exact) mass is 182 g/mol. The minimum Gasteiger partial charge on any atom is -0.343 e. The van der Waals surface area contributed by atoms with Gasteiger partial charge in [0.1, 0.15) is 0 Å². The molecule has 0 saturated carbocycles. The molecule has 0 atom stereocenters. The predicted octanol–water partition coefficient (Wildman–Crippen LogP) is 2.10. The Hall–Kier alpha value is -0.670. The minimum atomic E-state index is 0.947. The molecular formula is C9H14N2S. The van der Waals surface area contributed by atoms with Gasteiger partial charge in [-0.2, -0.15) is 0 Å². The number of nitrogens with zero attached hydrogens (tertiary/aromatic N) is 1. The zero-order chi connectivity index (χ0) is 8.65. The molecule has 1 aliphatic heterocycles. The Morgan fingerprint density at radius 3 is 2.42 bits per heavy atom. The van der Waals surface area contributed by atoms with Crippen LogP contribution < -0.4 is 4.72 Å². The summed E-state index contributed by atoms with van der Waals surface area (Å²) in [6.07, 6.45) is 12.2. The van der Waals surface area contributed by atoms with Gasteiger partial charge in [-0.05, 0) is 12.2 Å². The first-order valence-corrected chi connectivity index (χ1v) is 5.04. The first-order valence-electron chi connectivity index (χ1n) is 4.05. The maximum atomic E-state index is 3.20. The normalized spacial score (nSPS) is 15.2. The van der Waals surface area contributed by atoms with Crippen molar-refractivity contribution in [3.8, 4) is 0 Å². The predicted molar refractivity (Wildman–Crippen MR) is 55.4 cm³/mol. The molecule has 1 rings (SSSR count). The highest BCUT2D eigenvalue weighted by Crippen LogP contribution is 2.03. The molecule has 0 radical (unpaired) electrons. The molecule has 0 aromatic carbocycles. The van der Waals surface area contributed by atoms with Crippen LogP contribution in [-0.4, -0.2) is 17.3 Å². The van der Waals surface area contributed by atoms with Crippen LogP contribution in [0, 0.1) is 0 Å². The molecule has 12 heavy (non-hydrogen) atoms. The lowest BCUT2D eigenvalue weighted by Gasteiger charge is -2.13. The third kappa shape index (κ3) is 3.64. The molecule has 0 spiro atoms. The Morgan fingerprint density at radius 2 is 1.83 bits per heavy atom. The quantitative estimate of drug-likeness (QED) is 0.529. The van der Waals surface area contributed by atoms with Crippen LogP contribution in [0.25, 0.3) is 0 Å². The zero-order valence-electron chi connectivity index (χ0n) is 7.23. The summed E-state index contributed by atoms with van der Waals surface area (Å²) in [5.74, 6) is 0.947. The van der Waals surface area contributed by atoms with Gasteiger partial charge < -0.3 is 4.90 Å². The van der Waals surface area contributed by atoms with E-state index in [-0.39, 0.29) is 0 Å². The van der Waals surface area contributed by atoms with E-state index in [4.69, 9.17) is 0 Å². The molecule has 2 nitrogen and oxygen atoms in total. The molecule has 0 bridgehead atoms. The van der Waals surface area contributed by atoms with Gasteiger partial charge in [0, 0.05) is 18.9 Å². The summed E-state index contributed by atoms with van der Waals surface area (Å²) in [7, 11) is 0. The fourth-order valence-electron chi connectivity index (χ4n) is 0.807. The van der Waals surface area contributed by atoms with Crippen molar-refractivity contribution >= 4 is 11.9 Å².